The molecular formula is C10H16N2O2. The molecule has 78 valence electrons. The van der Waals surface area contributed by atoms with Crippen molar-refractivity contribution < 1.29 is 10.2 Å². The minimum absolute atomic E-state index is 0.189. The maximum atomic E-state index is 8.99. The molecule has 1 rings (SSSR count). The molecule has 0 aromatic carbocycles. The Hall–Kier alpha value is -1.13. The summed E-state index contributed by atoms with van der Waals surface area (Å²) in [5.41, 5.74) is 0.909. The molecule has 1 heterocycles. The van der Waals surface area contributed by atoms with Crippen LogP contribution in [0.3, 0.4) is 0 Å². The standard InChI is InChI=1S/C10H16N2O2/c13-6-2-1-5-11-7-9-3-4-10(14)8-12-9/h3-4,8,11,13-14H,1-2,5-7H2. The van der Waals surface area contributed by atoms with Gasteiger partial charge in [0, 0.05) is 13.2 Å². The maximum absolute atomic E-state index is 8.99. The number of unbranched alkanes of at least 4 members (excludes halogenated alkanes) is 1. The van der Waals surface area contributed by atoms with Crippen LogP contribution in [0.5, 0.6) is 5.75 Å². The first-order chi connectivity index (χ1) is 6.83. The quantitative estimate of drug-likeness (QED) is 0.584. The number of aromatic hydroxyl groups is 1. The van der Waals surface area contributed by atoms with E-state index in [0.717, 1.165) is 25.1 Å². The van der Waals surface area contributed by atoms with Crippen LogP contribution in [0.4, 0.5) is 0 Å². The minimum atomic E-state index is 0.189. The van der Waals surface area contributed by atoms with Crippen LogP contribution in [0, 0.1) is 0 Å². The molecule has 0 aliphatic heterocycles. The Morgan fingerprint density at radius 2 is 2.14 bits per heavy atom. The van der Waals surface area contributed by atoms with Crippen LogP contribution in [-0.2, 0) is 6.54 Å². The van der Waals surface area contributed by atoms with Crippen molar-refractivity contribution in [1.82, 2.24) is 10.3 Å². The molecule has 0 saturated heterocycles. The third-order valence-corrected chi connectivity index (χ3v) is 1.88. The Balaban J connectivity index is 2.15. The Bertz CT molecular complexity index is 249. The summed E-state index contributed by atoms with van der Waals surface area (Å²) in [4.78, 5) is 4.03. The number of nitrogens with zero attached hydrogens (tertiary/aromatic N) is 1. The smallest absolute Gasteiger partial charge is 0.133 e. The Morgan fingerprint density at radius 1 is 1.29 bits per heavy atom. The molecule has 3 N–H and O–H groups in total. The summed E-state index contributed by atoms with van der Waals surface area (Å²) in [5.74, 6) is 0.189. The minimum Gasteiger partial charge on any atom is -0.506 e. The fourth-order valence-corrected chi connectivity index (χ4v) is 1.10. The SMILES string of the molecule is OCCCCNCc1ccc(O)cn1. The van der Waals surface area contributed by atoms with E-state index in [9.17, 15) is 0 Å². The van der Waals surface area contributed by atoms with Crippen molar-refractivity contribution in [1.29, 1.82) is 0 Å². The zero-order chi connectivity index (χ0) is 10.2. The molecule has 4 heteroatoms. The van der Waals surface area contributed by atoms with Gasteiger partial charge in [-0.2, -0.15) is 0 Å². The van der Waals surface area contributed by atoms with Gasteiger partial charge in [-0.3, -0.25) is 4.98 Å². The summed E-state index contributed by atoms with van der Waals surface area (Å²) in [7, 11) is 0. The molecule has 0 saturated carbocycles. The van der Waals surface area contributed by atoms with E-state index < -0.39 is 0 Å². The fraction of sp³-hybridized carbons (Fsp3) is 0.500. The first-order valence-electron chi connectivity index (χ1n) is 4.78. The monoisotopic (exact) mass is 196 g/mol. The molecule has 0 unspecified atom stereocenters. The van der Waals surface area contributed by atoms with Crippen molar-refractivity contribution in [2.45, 2.75) is 19.4 Å². The molecular weight excluding hydrogens is 180 g/mol. The van der Waals surface area contributed by atoms with Crippen LogP contribution in [0.25, 0.3) is 0 Å². The third kappa shape index (κ3) is 4.20. The number of hydrogen-bond acceptors (Lipinski definition) is 4. The number of aromatic nitrogens is 1. The summed E-state index contributed by atoms with van der Waals surface area (Å²) >= 11 is 0. The molecule has 1 aromatic heterocycles. The fourth-order valence-electron chi connectivity index (χ4n) is 1.10. The molecule has 0 bridgehead atoms. The van der Waals surface area contributed by atoms with Crippen molar-refractivity contribution >= 4 is 0 Å². The second kappa shape index (κ2) is 6.34. The lowest BCUT2D eigenvalue weighted by Crippen LogP contribution is -2.15. The highest BCUT2D eigenvalue weighted by Crippen LogP contribution is 2.05. The van der Waals surface area contributed by atoms with Gasteiger partial charge in [0.15, 0.2) is 0 Å². The van der Waals surface area contributed by atoms with Crippen LogP contribution in [0.1, 0.15) is 18.5 Å². The summed E-state index contributed by atoms with van der Waals surface area (Å²) < 4.78 is 0. The summed E-state index contributed by atoms with van der Waals surface area (Å²) in [6.45, 7) is 1.83. The van der Waals surface area contributed by atoms with Crippen LogP contribution in [-0.4, -0.2) is 28.3 Å². The van der Waals surface area contributed by atoms with Crippen molar-refractivity contribution in [2.75, 3.05) is 13.2 Å². The average molecular weight is 196 g/mol. The highest BCUT2D eigenvalue weighted by molar-refractivity contribution is 5.17. The summed E-state index contributed by atoms with van der Waals surface area (Å²) in [5, 5.41) is 20.7. The van der Waals surface area contributed by atoms with E-state index in [0.29, 0.717) is 6.54 Å². The average Bonchev–Trinajstić information content (AvgIpc) is 2.21. The van der Waals surface area contributed by atoms with Crippen molar-refractivity contribution in [3.8, 4) is 5.75 Å². The van der Waals surface area contributed by atoms with E-state index in [4.69, 9.17) is 10.2 Å². The highest BCUT2D eigenvalue weighted by atomic mass is 16.3. The zero-order valence-corrected chi connectivity index (χ0v) is 8.11. The first-order valence-corrected chi connectivity index (χ1v) is 4.78. The number of pyridine rings is 1. The van der Waals surface area contributed by atoms with E-state index in [2.05, 4.69) is 10.3 Å². The second-order valence-electron chi connectivity index (χ2n) is 3.12. The Labute approximate surface area is 83.6 Å². The van der Waals surface area contributed by atoms with Gasteiger partial charge in [0.1, 0.15) is 5.75 Å². The molecule has 1 aromatic rings. The van der Waals surface area contributed by atoms with Crippen molar-refractivity contribution in [2.24, 2.45) is 0 Å². The van der Waals surface area contributed by atoms with Crippen LogP contribution < -0.4 is 5.32 Å². The van der Waals surface area contributed by atoms with Gasteiger partial charge in [-0.25, -0.2) is 0 Å². The number of aliphatic hydroxyl groups is 1. The predicted molar refractivity (Wildman–Crippen MR) is 53.9 cm³/mol. The topological polar surface area (TPSA) is 65.4 Å². The van der Waals surface area contributed by atoms with Crippen LogP contribution >= 0.6 is 0 Å². The van der Waals surface area contributed by atoms with E-state index in [-0.39, 0.29) is 12.4 Å². The van der Waals surface area contributed by atoms with Gasteiger partial charge in [-0.1, -0.05) is 0 Å². The van der Waals surface area contributed by atoms with Crippen molar-refractivity contribution in [3.63, 3.8) is 0 Å². The predicted octanol–water partition coefficient (Wildman–Crippen LogP) is 0.649. The lowest BCUT2D eigenvalue weighted by Gasteiger charge is -2.03. The Kier molecular flexibility index (Phi) is 4.96. The molecule has 0 fully saturated rings. The number of rotatable bonds is 6. The van der Waals surface area contributed by atoms with E-state index in [1.165, 1.54) is 6.20 Å². The molecule has 4 nitrogen and oxygen atoms in total. The van der Waals surface area contributed by atoms with Gasteiger partial charge >= 0.3 is 0 Å². The summed E-state index contributed by atoms with van der Waals surface area (Å²) in [6, 6.07) is 3.41. The molecule has 0 spiro atoms. The van der Waals surface area contributed by atoms with Gasteiger partial charge in [0.2, 0.25) is 0 Å². The normalized spacial score (nSPS) is 10.4. The zero-order valence-electron chi connectivity index (χ0n) is 8.11. The Morgan fingerprint density at radius 3 is 2.79 bits per heavy atom. The number of aliphatic hydroxyl groups excluding tert-OH is 1. The molecule has 0 aliphatic rings. The van der Waals surface area contributed by atoms with Crippen LogP contribution in [0.2, 0.25) is 0 Å². The van der Waals surface area contributed by atoms with Gasteiger partial charge in [0.05, 0.1) is 11.9 Å². The van der Waals surface area contributed by atoms with E-state index in [1.807, 2.05) is 0 Å². The maximum Gasteiger partial charge on any atom is 0.133 e. The molecule has 0 amide bonds. The van der Waals surface area contributed by atoms with E-state index in [1.54, 1.807) is 12.1 Å². The van der Waals surface area contributed by atoms with Gasteiger partial charge in [-0.15, -0.1) is 0 Å². The number of nitrogens with one attached hydrogen (secondary N) is 1. The van der Waals surface area contributed by atoms with Gasteiger partial charge in [0.25, 0.3) is 0 Å². The largest absolute Gasteiger partial charge is 0.506 e. The molecule has 0 radical (unpaired) electrons. The van der Waals surface area contributed by atoms with Gasteiger partial charge in [-0.05, 0) is 31.5 Å². The van der Waals surface area contributed by atoms with Crippen LogP contribution in [0.15, 0.2) is 18.3 Å². The highest BCUT2D eigenvalue weighted by Gasteiger charge is 1.94. The first kappa shape index (κ1) is 10.9. The van der Waals surface area contributed by atoms with E-state index >= 15 is 0 Å². The lowest BCUT2D eigenvalue weighted by atomic mass is 10.3. The molecule has 0 aliphatic carbocycles. The lowest BCUT2D eigenvalue weighted by molar-refractivity contribution is 0.283. The number of hydrogen-bond donors (Lipinski definition) is 3. The second-order valence-corrected chi connectivity index (χ2v) is 3.12. The van der Waals surface area contributed by atoms with Gasteiger partial charge < -0.3 is 15.5 Å². The van der Waals surface area contributed by atoms with Crippen molar-refractivity contribution in [3.05, 3.63) is 24.0 Å². The third-order valence-electron chi connectivity index (χ3n) is 1.88. The molecule has 14 heavy (non-hydrogen) atoms. The molecule has 0 atom stereocenters. The summed E-state index contributed by atoms with van der Waals surface area (Å²) in [6.07, 6.45) is 3.23.